The van der Waals surface area contributed by atoms with Gasteiger partial charge in [0.1, 0.15) is 5.75 Å². The van der Waals surface area contributed by atoms with Crippen LogP contribution in [0.5, 0.6) is 17.2 Å². The van der Waals surface area contributed by atoms with Crippen LogP contribution >= 0.6 is 12.0 Å². The van der Waals surface area contributed by atoms with Gasteiger partial charge >= 0.3 is 0 Å². The van der Waals surface area contributed by atoms with Crippen molar-refractivity contribution < 1.29 is 13.7 Å². The van der Waals surface area contributed by atoms with Crippen LogP contribution < -0.4 is 13.7 Å². The molecule has 0 fully saturated rings. The van der Waals surface area contributed by atoms with E-state index >= 15 is 0 Å². The molecular weight excluding hydrogens is 514 g/mol. The van der Waals surface area contributed by atoms with Crippen molar-refractivity contribution in [2.45, 2.75) is 85.7 Å². The molecule has 1 atom stereocenters. The largest absolute Gasteiger partial charge is 0.497 e. The molecule has 2 aliphatic heterocycles. The third kappa shape index (κ3) is 8.81. The zero-order valence-corrected chi connectivity index (χ0v) is 27.1. The van der Waals surface area contributed by atoms with E-state index in [0.29, 0.717) is 12.6 Å². The van der Waals surface area contributed by atoms with Gasteiger partial charge in [-0.15, -0.1) is 13.2 Å². The molecule has 40 heavy (non-hydrogen) atoms. The van der Waals surface area contributed by atoms with Crippen LogP contribution in [-0.2, 0) is 19.4 Å². The first-order valence-electron chi connectivity index (χ1n) is 14.8. The summed E-state index contributed by atoms with van der Waals surface area (Å²) in [7, 11) is 1.74. The highest BCUT2D eigenvalue weighted by Crippen LogP contribution is 2.45. The molecule has 0 N–H and O–H groups in total. The molecule has 220 valence electrons. The van der Waals surface area contributed by atoms with Crippen molar-refractivity contribution in [1.82, 2.24) is 4.90 Å². The van der Waals surface area contributed by atoms with Crippen LogP contribution in [0.3, 0.4) is 0 Å². The van der Waals surface area contributed by atoms with E-state index in [2.05, 4.69) is 79.6 Å². The maximum absolute atomic E-state index is 6.16. The van der Waals surface area contributed by atoms with E-state index in [0.717, 1.165) is 48.1 Å². The van der Waals surface area contributed by atoms with Crippen LogP contribution in [0, 0.1) is 6.92 Å². The molecule has 5 rings (SSSR count). The van der Waals surface area contributed by atoms with Gasteiger partial charge < -0.3 is 13.7 Å². The van der Waals surface area contributed by atoms with E-state index in [1.54, 1.807) is 7.11 Å². The molecule has 0 amide bonds. The molecule has 0 spiro atoms. The van der Waals surface area contributed by atoms with Gasteiger partial charge in [0.15, 0.2) is 11.5 Å². The summed E-state index contributed by atoms with van der Waals surface area (Å²) in [6.45, 7) is 24.7. The molecule has 2 aliphatic rings. The Morgan fingerprint density at radius 3 is 2.20 bits per heavy atom. The van der Waals surface area contributed by atoms with E-state index in [-0.39, 0.29) is 0 Å². The summed E-state index contributed by atoms with van der Waals surface area (Å²) in [4.78, 5) is 3.66. The summed E-state index contributed by atoms with van der Waals surface area (Å²) in [6.07, 6.45) is 2.03. The Hall–Kier alpha value is -2.89. The fourth-order valence-electron chi connectivity index (χ4n) is 4.77. The summed E-state index contributed by atoms with van der Waals surface area (Å²) < 4.78 is 17.7. The van der Waals surface area contributed by atoms with Crippen LogP contribution in [0.25, 0.3) is 0 Å². The van der Waals surface area contributed by atoms with Crippen LogP contribution in [0.15, 0.2) is 72.7 Å². The summed E-state index contributed by atoms with van der Waals surface area (Å²) in [5, 5.41) is 0. The lowest BCUT2D eigenvalue weighted by Gasteiger charge is -2.42. The number of benzene rings is 3. The van der Waals surface area contributed by atoms with Crippen molar-refractivity contribution in [3.63, 3.8) is 0 Å². The van der Waals surface area contributed by atoms with Gasteiger partial charge in [-0.05, 0) is 73.7 Å². The van der Waals surface area contributed by atoms with E-state index in [1.807, 2.05) is 48.5 Å². The topological polar surface area (TPSA) is 30.9 Å². The maximum atomic E-state index is 6.16. The minimum atomic E-state index is 0.403. The summed E-state index contributed by atoms with van der Waals surface area (Å²) in [6, 6.07) is 19.6. The molecule has 3 aromatic carbocycles. The lowest BCUT2D eigenvalue weighted by molar-refractivity contribution is 0.157. The first-order valence-corrected chi connectivity index (χ1v) is 15.5. The average molecular weight is 566 g/mol. The van der Waals surface area contributed by atoms with Crippen molar-refractivity contribution >= 4 is 12.0 Å². The van der Waals surface area contributed by atoms with Gasteiger partial charge in [-0.2, -0.15) is 0 Å². The summed E-state index contributed by atoms with van der Waals surface area (Å²) >= 11 is 1.38. The van der Waals surface area contributed by atoms with Crippen molar-refractivity contribution in [1.29, 1.82) is 0 Å². The van der Waals surface area contributed by atoms with Gasteiger partial charge in [-0.25, -0.2) is 0 Å². The van der Waals surface area contributed by atoms with Gasteiger partial charge in [0.05, 0.1) is 25.8 Å². The molecule has 1 unspecified atom stereocenters. The number of nitrogens with zero attached hydrogens (tertiary/aromatic N) is 1. The van der Waals surface area contributed by atoms with Crippen LogP contribution in [0.1, 0.15) is 82.3 Å². The number of aryl methyl sites for hydroxylation is 1. The lowest BCUT2D eigenvalue weighted by Crippen LogP contribution is -2.39. The van der Waals surface area contributed by atoms with Gasteiger partial charge in [0, 0.05) is 29.6 Å². The van der Waals surface area contributed by atoms with E-state index < -0.39 is 0 Å². The number of rotatable bonds is 6. The number of hydrogen-bond acceptors (Lipinski definition) is 5. The van der Waals surface area contributed by atoms with E-state index in [4.69, 9.17) is 13.7 Å². The molecule has 0 aromatic heterocycles. The number of methoxy groups -OCH3 is 1. The van der Waals surface area contributed by atoms with Crippen molar-refractivity contribution in [3.05, 3.63) is 95.6 Å². The Labute approximate surface area is 249 Å². The minimum absolute atomic E-state index is 0.403. The lowest BCUT2D eigenvalue weighted by atomic mass is 9.83. The van der Waals surface area contributed by atoms with Crippen LogP contribution in [-0.4, -0.2) is 25.2 Å². The molecule has 4 nitrogen and oxygen atoms in total. The average Bonchev–Trinajstić information content (AvgIpc) is 3.04. The SMILES string of the molecule is C=C.CC.CC.CC.CCOc1c(OSc2ccc(C)cc2)ccc2c1CN1CCc3cc(OC)ccc3C1C2. The van der Waals surface area contributed by atoms with Crippen molar-refractivity contribution in [3.8, 4) is 17.2 Å². The molecule has 2 heterocycles. The van der Waals surface area contributed by atoms with Crippen molar-refractivity contribution in [2.75, 3.05) is 20.3 Å². The summed E-state index contributed by atoms with van der Waals surface area (Å²) in [5.41, 5.74) is 6.70. The highest BCUT2D eigenvalue weighted by molar-refractivity contribution is 7.95. The second-order valence-corrected chi connectivity index (χ2v) is 9.25. The van der Waals surface area contributed by atoms with Crippen LogP contribution in [0.4, 0.5) is 0 Å². The van der Waals surface area contributed by atoms with Gasteiger partial charge in [0.2, 0.25) is 0 Å². The Balaban J connectivity index is 0.000000921. The Morgan fingerprint density at radius 2 is 1.57 bits per heavy atom. The number of hydrogen-bond donors (Lipinski definition) is 0. The fourth-order valence-corrected chi connectivity index (χ4v) is 5.34. The molecule has 0 saturated carbocycles. The minimum Gasteiger partial charge on any atom is -0.497 e. The highest BCUT2D eigenvalue weighted by atomic mass is 32.2. The normalized spacial score (nSPS) is 14.3. The van der Waals surface area contributed by atoms with Crippen molar-refractivity contribution in [2.24, 2.45) is 0 Å². The monoisotopic (exact) mass is 565 g/mol. The molecule has 0 bridgehead atoms. The van der Waals surface area contributed by atoms with Gasteiger partial charge in [-0.1, -0.05) is 71.4 Å². The van der Waals surface area contributed by atoms with E-state index in [1.165, 1.54) is 39.9 Å². The first kappa shape index (κ1) is 35.1. The summed E-state index contributed by atoms with van der Waals surface area (Å²) in [5.74, 6) is 2.64. The smallest absolute Gasteiger partial charge is 0.180 e. The zero-order chi connectivity index (χ0) is 30.1. The molecule has 5 heteroatoms. The second kappa shape index (κ2) is 19.2. The maximum Gasteiger partial charge on any atom is 0.180 e. The van der Waals surface area contributed by atoms with Crippen LogP contribution in [0.2, 0.25) is 0 Å². The Kier molecular flexibility index (Phi) is 16.9. The Morgan fingerprint density at radius 1 is 0.900 bits per heavy atom. The highest BCUT2D eigenvalue weighted by Gasteiger charge is 2.34. The third-order valence-electron chi connectivity index (χ3n) is 6.45. The Bertz CT molecular complexity index is 1130. The third-order valence-corrected chi connectivity index (χ3v) is 7.18. The molecule has 3 aromatic rings. The standard InChI is InChI=1S/C27H29NO3S.3C2H6.C2H4/c1-4-30-27-24-17-28-14-13-20-15-21(29-3)8-11-23(20)25(28)16-19(24)7-12-26(27)31-32-22-9-5-18(2)6-10-22;4*1-2/h5-12,15,25H,4,13-14,16-17H2,1-3H3;3*1-2H3;1-2H2. The van der Waals surface area contributed by atoms with Gasteiger partial charge in [0.25, 0.3) is 0 Å². The molecular formula is C35H51NO3S. The molecule has 0 aliphatic carbocycles. The number of fused-ring (bicyclic) bond motifs is 4. The molecule has 0 saturated heterocycles. The zero-order valence-electron chi connectivity index (χ0n) is 26.3. The van der Waals surface area contributed by atoms with Gasteiger partial charge in [-0.3, -0.25) is 4.90 Å². The first-order chi connectivity index (χ1) is 19.7. The predicted octanol–water partition coefficient (Wildman–Crippen LogP) is 10.0. The fraction of sp³-hybridized carbons (Fsp3) is 0.429. The van der Waals surface area contributed by atoms with E-state index in [9.17, 15) is 0 Å². The second-order valence-electron chi connectivity index (χ2n) is 8.45. The number of ether oxygens (including phenoxy) is 2. The quantitative estimate of drug-likeness (QED) is 0.219. The predicted molar refractivity (Wildman–Crippen MR) is 174 cm³/mol. The molecule has 0 radical (unpaired) electrons.